The van der Waals surface area contributed by atoms with E-state index in [1.165, 1.54) is 42.3 Å². The summed E-state index contributed by atoms with van der Waals surface area (Å²) in [4.78, 5) is 0. The zero-order chi connectivity index (χ0) is 25.2. The van der Waals surface area contributed by atoms with Gasteiger partial charge in [0.05, 0.1) is 0 Å². The highest BCUT2D eigenvalue weighted by Gasteiger charge is 2.33. The molecule has 5 aromatic rings. The molecule has 0 aliphatic heterocycles. The SMILES string of the molecule is C=C[Si](C=C)(c1ccccc1)c1ccc2cc3cccc([Si](C=C)(C=C)c4ccccc4)c3cc2c1. The molecule has 0 aliphatic carbocycles. The predicted octanol–water partition coefficient (Wildman–Crippen LogP) is 6.02. The Hall–Kier alpha value is -3.99. The highest BCUT2D eigenvalue weighted by Crippen LogP contribution is 2.25. The summed E-state index contributed by atoms with van der Waals surface area (Å²) in [7, 11) is -4.65. The summed E-state index contributed by atoms with van der Waals surface area (Å²) in [6, 6.07) is 39.5. The molecular weight excluding hydrogens is 465 g/mol. The molecule has 0 saturated heterocycles. The Morgan fingerprint density at radius 2 is 1.00 bits per heavy atom. The molecule has 36 heavy (non-hydrogen) atoms. The highest BCUT2D eigenvalue weighted by molar-refractivity contribution is 7.10. The van der Waals surface area contributed by atoms with Crippen LogP contribution in [-0.4, -0.2) is 16.1 Å². The predicted molar refractivity (Wildman–Crippen MR) is 165 cm³/mol. The van der Waals surface area contributed by atoms with Crippen molar-refractivity contribution in [2.45, 2.75) is 0 Å². The Balaban J connectivity index is 1.78. The van der Waals surface area contributed by atoms with Crippen LogP contribution in [0.5, 0.6) is 0 Å². The molecule has 0 aliphatic rings. The number of hydrogen-bond acceptors (Lipinski definition) is 0. The van der Waals surface area contributed by atoms with Gasteiger partial charge in [-0.1, -0.05) is 120 Å². The van der Waals surface area contributed by atoms with Crippen molar-refractivity contribution in [3.63, 3.8) is 0 Å². The summed E-state index contributed by atoms with van der Waals surface area (Å²) >= 11 is 0. The summed E-state index contributed by atoms with van der Waals surface area (Å²) in [5, 5.41) is 10.2. The normalized spacial score (nSPS) is 11.8. The van der Waals surface area contributed by atoms with Crippen LogP contribution in [-0.2, 0) is 0 Å². The van der Waals surface area contributed by atoms with E-state index in [0.29, 0.717) is 0 Å². The van der Waals surface area contributed by atoms with Crippen molar-refractivity contribution >= 4 is 58.4 Å². The van der Waals surface area contributed by atoms with Crippen molar-refractivity contribution in [1.29, 1.82) is 0 Å². The average molecular weight is 495 g/mol. The minimum absolute atomic E-state index is 1.23. The van der Waals surface area contributed by atoms with Crippen LogP contribution in [0.3, 0.4) is 0 Å². The topological polar surface area (TPSA) is 0 Å². The van der Waals surface area contributed by atoms with Crippen LogP contribution in [0.2, 0.25) is 0 Å². The fraction of sp³-hybridized carbons (Fsp3) is 0. The fourth-order valence-corrected chi connectivity index (χ4v) is 11.6. The zero-order valence-corrected chi connectivity index (χ0v) is 22.5. The second kappa shape index (κ2) is 9.58. The molecule has 2 heteroatoms. The van der Waals surface area contributed by atoms with Crippen LogP contribution in [0, 0.1) is 0 Å². The van der Waals surface area contributed by atoms with E-state index in [2.05, 4.69) is 158 Å². The quantitative estimate of drug-likeness (QED) is 0.183. The van der Waals surface area contributed by atoms with Crippen LogP contribution in [0.25, 0.3) is 21.5 Å². The first-order valence-electron chi connectivity index (χ1n) is 12.2. The molecular formula is C34H30Si2. The Morgan fingerprint density at radius 1 is 0.417 bits per heavy atom. The number of fused-ring (bicyclic) bond motifs is 2. The Labute approximate surface area is 216 Å². The van der Waals surface area contributed by atoms with Crippen LogP contribution in [0.15, 0.2) is 158 Å². The van der Waals surface area contributed by atoms with E-state index in [-0.39, 0.29) is 0 Å². The molecule has 0 saturated carbocycles. The molecule has 0 radical (unpaired) electrons. The largest absolute Gasteiger partial charge is 0.164 e. The van der Waals surface area contributed by atoms with Gasteiger partial charge in [-0.15, -0.1) is 26.3 Å². The molecule has 0 atom stereocenters. The maximum atomic E-state index is 4.30. The molecule has 0 fully saturated rings. The van der Waals surface area contributed by atoms with Crippen molar-refractivity contribution in [3.05, 3.63) is 158 Å². The Kier molecular flexibility index (Phi) is 6.32. The standard InChI is InChI=1S/C34H30Si2/c1-5-35(6-2,30-17-11-9-12-18-30)32-23-22-27-24-28-16-15-21-34(33(28)26-29(27)25-32)36(7-3,8-4)31-19-13-10-14-20-31/h5-26H,1-4H2. The van der Waals surface area contributed by atoms with Gasteiger partial charge < -0.3 is 0 Å². The molecule has 0 heterocycles. The first kappa shape index (κ1) is 23.7. The number of benzene rings is 5. The molecule has 0 amide bonds. The smallest absolute Gasteiger partial charge is 0.106 e. The minimum atomic E-state index is -2.36. The van der Waals surface area contributed by atoms with Gasteiger partial charge in [0.25, 0.3) is 0 Å². The van der Waals surface area contributed by atoms with E-state index in [1.54, 1.807) is 0 Å². The second-order valence-electron chi connectivity index (χ2n) is 9.23. The molecule has 0 bridgehead atoms. The minimum Gasteiger partial charge on any atom is -0.106 e. The lowest BCUT2D eigenvalue weighted by molar-refractivity contribution is 1.73. The maximum absolute atomic E-state index is 4.30. The van der Waals surface area contributed by atoms with E-state index >= 15 is 0 Å². The summed E-state index contributed by atoms with van der Waals surface area (Å²) in [6.07, 6.45) is 0. The van der Waals surface area contributed by atoms with E-state index in [1.807, 2.05) is 0 Å². The third-order valence-corrected chi connectivity index (χ3v) is 15.3. The fourth-order valence-electron chi connectivity index (χ4n) is 5.49. The van der Waals surface area contributed by atoms with Crippen LogP contribution in [0.4, 0.5) is 0 Å². The van der Waals surface area contributed by atoms with Crippen LogP contribution >= 0.6 is 0 Å². The average Bonchev–Trinajstić information content (AvgIpc) is 2.95. The molecule has 0 aromatic heterocycles. The zero-order valence-electron chi connectivity index (χ0n) is 20.5. The van der Waals surface area contributed by atoms with Gasteiger partial charge >= 0.3 is 0 Å². The molecule has 0 spiro atoms. The van der Waals surface area contributed by atoms with Crippen molar-refractivity contribution in [3.8, 4) is 0 Å². The molecule has 174 valence electrons. The lowest BCUT2D eigenvalue weighted by atomic mass is 10.0. The third-order valence-electron chi connectivity index (χ3n) is 7.55. The number of rotatable bonds is 8. The summed E-state index contributed by atoms with van der Waals surface area (Å²) < 4.78 is 0. The van der Waals surface area contributed by atoms with E-state index in [9.17, 15) is 0 Å². The highest BCUT2D eigenvalue weighted by atomic mass is 28.3. The van der Waals surface area contributed by atoms with Gasteiger partial charge in [-0.3, -0.25) is 0 Å². The van der Waals surface area contributed by atoms with Crippen molar-refractivity contribution < 1.29 is 0 Å². The lowest BCUT2D eigenvalue weighted by Gasteiger charge is -2.28. The molecule has 0 nitrogen and oxygen atoms in total. The maximum Gasteiger partial charge on any atom is 0.164 e. The van der Waals surface area contributed by atoms with Crippen molar-refractivity contribution in [2.24, 2.45) is 0 Å². The van der Waals surface area contributed by atoms with Gasteiger partial charge in [0.2, 0.25) is 0 Å². The number of hydrogen-bond donors (Lipinski definition) is 0. The van der Waals surface area contributed by atoms with Gasteiger partial charge in [0.15, 0.2) is 16.1 Å². The van der Waals surface area contributed by atoms with E-state index in [4.69, 9.17) is 0 Å². The van der Waals surface area contributed by atoms with Crippen molar-refractivity contribution in [2.75, 3.05) is 0 Å². The molecule has 0 N–H and O–H groups in total. The van der Waals surface area contributed by atoms with Gasteiger partial charge in [0, 0.05) is 0 Å². The first-order valence-corrected chi connectivity index (χ1v) is 16.6. The summed E-state index contributed by atoms with van der Waals surface area (Å²) in [5.41, 5.74) is 8.55. The van der Waals surface area contributed by atoms with Crippen molar-refractivity contribution in [1.82, 2.24) is 0 Å². The first-order chi connectivity index (χ1) is 17.6. The Bertz CT molecular complexity index is 1580. The molecule has 0 unspecified atom stereocenters. The second-order valence-corrected chi connectivity index (χ2v) is 16.6. The Morgan fingerprint density at radius 3 is 1.58 bits per heavy atom. The van der Waals surface area contributed by atoms with Gasteiger partial charge in [0.1, 0.15) is 0 Å². The van der Waals surface area contributed by atoms with Gasteiger partial charge in [-0.2, -0.15) is 0 Å². The van der Waals surface area contributed by atoms with Gasteiger partial charge in [-0.05, 0) is 54.4 Å². The third kappa shape index (κ3) is 3.67. The van der Waals surface area contributed by atoms with E-state index < -0.39 is 16.1 Å². The van der Waals surface area contributed by atoms with Gasteiger partial charge in [-0.25, -0.2) is 0 Å². The molecule has 5 aromatic carbocycles. The summed E-state index contributed by atoms with van der Waals surface area (Å²) in [5.74, 6) is 0. The monoisotopic (exact) mass is 494 g/mol. The molecule has 5 rings (SSSR count). The van der Waals surface area contributed by atoms with E-state index in [0.717, 1.165) is 0 Å². The van der Waals surface area contributed by atoms with Crippen LogP contribution in [0.1, 0.15) is 0 Å². The van der Waals surface area contributed by atoms with Crippen LogP contribution < -0.4 is 20.7 Å². The lowest BCUT2D eigenvalue weighted by Crippen LogP contribution is -2.55. The summed E-state index contributed by atoms with van der Waals surface area (Å²) in [6.45, 7) is 17.1.